The third kappa shape index (κ3) is 3.57. The molecule has 2 saturated heterocycles. The number of benzene rings is 1. The minimum absolute atomic E-state index is 0.0106. The Labute approximate surface area is 162 Å². The highest BCUT2D eigenvalue weighted by Gasteiger charge is 2.31. The number of hydrogen-bond donors (Lipinski definition) is 2. The summed E-state index contributed by atoms with van der Waals surface area (Å²) in [7, 11) is 1.80. The SMILES string of the molecule is Cn1nc(C2CCC(=O)NC2=O)c2ccc(OCC(=O)N3CCNCC3)cc21. The van der Waals surface area contributed by atoms with Crippen LogP contribution in [0.1, 0.15) is 24.5 Å². The van der Waals surface area contributed by atoms with E-state index in [9.17, 15) is 14.4 Å². The molecule has 0 spiro atoms. The average molecular weight is 385 g/mol. The van der Waals surface area contributed by atoms with Gasteiger partial charge in [0, 0.05) is 51.1 Å². The van der Waals surface area contributed by atoms with Crippen LogP contribution in [-0.2, 0) is 21.4 Å². The molecule has 3 amide bonds. The van der Waals surface area contributed by atoms with Crippen molar-refractivity contribution in [2.75, 3.05) is 32.8 Å². The Bertz CT molecular complexity index is 932. The van der Waals surface area contributed by atoms with Crippen LogP contribution in [0, 0.1) is 0 Å². The lowest BCUT2D eigenvalue weighted by molar-refractivity contribution is -0.135. The maximum absolute atomic E-state index is 12.3. The van der Waals surface area contributed by atoms with Crippen molar-refractivity contribution < 1.29 is 19.1 Å². The Balaban J connectivity index is 1.50. The van der Waals surface area contributed by atoms with Crippen molar-refractivity contribution in [3.8, 4) is 5.75 Å². The molecule has 1 unspecified atom stereocenters. The molecule has 148 valence electrons. The number of rotatable bonds is 4. The first kappa shape index (κ1) is 18.4. The van der Waals surface area contributed by atoms with Gasteiger partial charge in [0.1, 0.15) is 5.75 Å². The Morgan fingerprint density at radius 2 is 2.07 bits per heavy atom. The number of aryl methyl sites for hydroxylation is 1. The predicted octanol–water partition coefficient (Wildman–Crippen LogP) is -0.0959. The number of carbonyl (C=O) groups is 3. The maximum Gasteiger partial charge on any atom is 0.260 e. The van der Waals surface area contributed by atoms with E-state index in [-0.39, 0.29) is 24.3 Å². The standard InChI is InChI=1S/C19H23N5O4/c1-23-15-10-12(28-11-17(26)24-8-6-20-7-9-24)2-3-13(15)18(22-23)14-4-5-16(25)21-19(14)27/h2-3,10,14,20H,4-9,11H2,1H3,(H,21,25,27). The lowest BCUT2D eigenvalue weighted by Gasteiger charge is -2.27. The number of hydrogen-bond acceptors (Lipinski definition) is 6. The van der Waals surface area contributed by atoms with E-state index in [1.165, 1.54) is 0 Å². The zero-order valence-corrected chi connectivity index (χ0v) is 15.7. The number of piperidine rings is 1. The van der Waals surface area contributed by atoms with Crippen molar-refractivity contribution in [1.82, 2.24) is 25.3 Å². The Morgan fingerprint density at radius 3 is 2.82 bits per heavy atom. The first-order valence-electron chi connectivity index (χ1n) is 9.44. The van der Waals surface area contributed by atoms with Crippen molar-refractivity contribution in [2.24, 2.45) is 7.05 Å². The summed E-state index contributed by atoms with van der Waals surface area (Å²) in [5.74, 6) is -0.448. The monoisotopic (exact) mass is 385 g/mol. The molecule has 2 aromatic rings. The van der Waals surface area contributed by atoms with Gasteiger partial charge < -0.3 is 15.0 Å². The number of fused-ring (bicyclic) bond motifs is 1. The quantitative estimate of drug-likeness (QED) is 0.713. The van der Waals surface area contributed by atoms with E-state index in [0.717, 1.165) is 24.0 Å². The highest BCUT2D eigenvalue weighted by atomic mass is 16.5. The molecule has 2 aliphatic rings. The summed E-state index contributed by atoms with van der Waals surface area (Å²) in [4.78, 5) is 37.6. The summed E-state index contributed by atoms with van der Waals surface area (Å²) in [6.07, 6.45) is 0.762. The summed E-state index contributed by atoms with van der Waals surface area (Å²) in [6, 6.07) is 5.46. The first-order chi connectivity index (χ1) is 13.5. The van der Waals surface area contributed by atoms with Crippen LogP contribution in [0.5, 0.6) is 5.75 Å². The van der Waals surface area contributed by atoms with Crippen molar-refractivity contribution in [1.29, 1.82) is 0 Å². The molecule has 9 nitrogen and oxygen atoms in total. The summed E-state index contributed by atoms with van der Waals surface area (Å²) >= 11 is 0. The fourth-order valence-corrected chi connectivity index (χ4v) is 3.72. The van der Waals surface area contributed by atoms with Gasteiger partial charge in [-0.2, -0.15) is 5.10 Å². The molecule has 2 aliphatic heterocycles. The molecule has 2 fully saturated rings. The van der Waals surface area contributed by atoms with E-state index in [2.05, 4.69) is 15.7 Å². The fraction of sp³-hybridized carbons (Fsp3) is 0.474. The molecule has 9 heteroatoms. The zero-order chi connectivity index (χ0) is 19.7. The summed E-state index contributed by atoms with van der Waals surface area (Å²) < 4.78 is 7.39. The number of piperazine rings is 1. The molecule has 2 N–H and O–H groups in total. The first-order valence-corrected chi connectivity index (χ1v) is 9.44. The second-order valence-electron chi connectivity index (χ2n) is 7.11. The predicted molar refractivity (Wildman–Crippen MR) is 101 cm³/mol. The number of aromatic nitrogens is 2. The number of ether oxygens (including phenoxy) is 1. The highest BCUT2D eigenvalue weighted by molar-refractivity contribution is 6.02. The highest BCUT2D eigenvalue weighted by Crippen LogP contribution is 2.31. The van der Waals surface area contributed by atoms with Crippen molar-refractivity contribution in [2.45, 2.75) is 18.8 Å². The Morgan fingerprint density at radius 1 is 1.29 bits per heavy atom. The van der Waals surface area contributed by atoms with Crippen molar-refractivity contribution in [3.63, 3.8) is 0 Å². The lowest BCUT2D eigenvalue weighted by atomic mass is 9.93. The fourth-order valence-electron chi connectivity index (χ4n) is 3.72. The maximum atomic E-state index is 12.3. The van der Waals surface area contributed by atoms with E-state index >= 15 is 0 Å². The zero-order valence-electron chi connectivity index (χ0n) is 15.7. The van der Waals surface area contributed by atoms with Gasteiger partial charge in [-0.3, -0.25) is 24.4 Å². The topological polar surface area (TPSA) is 106 Å². The molecule has 0 saturated carbocycles. The van der Waals surface area contributed by atoms with Gasteiger partial charge in [0.15, 0.2) is 6.61 Å². The Kier molecular flexibility index (Phi) is 4.99. The molecule has 28 heavy (non-hydrogen) atoms. The minimum Gasteiger partial charge on any atom is -0.484 e. The molecule has 4 rings (SSSR count). The van der Waals surface area contributed by atoms with E-state index in [0.29, 0.717) is 37.4 Å². The number of nitrogens with zero attached hydrogens (tertiary/aromatic N) is 3. The smallest absolute Gasteiger partial charge is 0.260 e. The molecule has 1 atom stereocenters. The van der Waals surface area contributed by atoms with Crippen LogP contribution in [0.3, 0.4) is 0 Å². The van der Waals surface area contributed by atoms with Gasteiger partial charge in [-0.1, -0.05) is 0 Å². The molecular weight excluding hydrogens is 362 g/mol. The molecule has 1 aromatic carbocycles. The van der Waals surface area contributed by atoms with Gasteiger partial charge in [0.25, 0.3) is 5.91 Å². The molecule has 3 heterocycles. The lowest BCUT2D eigenvalue weighted by Crippen LogP contribution is -2.47. The van der Waals surface area contributed by atoms with Crippen LogP contribution in [0.25, 0.3) is 10.9 Å². The van der Waals surface area contributed by atoms with Crippen molar-refractivity contribution in [3.05, 3.63) is 23.9 Å². The van der Waals surface area contributed by atoms with E-state index < -0.39 is 5.92 Å². The average Bonchev–Trinajstić information content (AvgIpc) is 3.03. The molecule has 1 aromatic heterocycles. The number of carbonyl (C=O) groups excluding carboxylic acids is 3. The van der Waals surface area contributed by atoms with Crippen molar-refractivity contribution >= 4 is 28.6 Å². The number of imide groups is 1. The van der Waals surface area contributed by atoms with Crippen LogP contribution in [0.2, 0.25) is 0 Å². The minimum atomic E-state index is -0.442. The van der Waals surface area contributed by atoms with E-state index in [1.807, 2.05) is 12.1 Å². The van der Waals surface area contributed by atoms with Crippen LogP contribution in [0.4, 0.5) is 0 Å². The molecule has 0 radical (unpaired) electrons. The second kappa shape index (κ2) is 7.59. The number of amides is 3. The molecule has 0 aliphatic carbocycles. The molecule has 0 bridgehead atoms. The van der Waals surface area contributed by atoms with Crippen LogP contribution in [-0.4, -0.2) is 65.2 Å². The van der Waals surface area contributed by atoms with E-state index in [1.54, 1.807) is 22.7 Å². The third-order valence-corrected chi connectivity index (χ3v) is 5.25. The second-order valence-corrected chi connectivity index (χ2v) is 7.11. The van der Waals surface area contributed by atoms with Gasteiger partial charge in [0.05, 0.1) is 17.1 Å². The van der Waals surface area contributed by atoms with Crippen LogP contribution < -0.4 is 15.4 Å². The van der Waals surface area contributed by atoms with Gasteiger partial charge in [0.2, 0.25) is 11.8 Å². The normalized spacial score (nSPS) is 20.3. The summed E-state index contributed by atoms with van der Waals surface area (Å²) in [5.41, 5.74) is 1.47. The van der Waals surface area contributed by atoms with Gasteiger partial charge in [-0.05, 0) is 18.6 Å². The summed E-state index contributed by atoms with van der Waals surface area (Å²) in [5, 5.41) is 10.9. The molecular formula is C19H23N5O4. The van der Waals surface area contributed by atoms with Gasteiger partial charge >= 0.3 is 0 Å². The van der Waals surface area contributed by atoms with Crippen LogP contribution in [0.15, 0.2) is 18.2 Å². The van der Waals surface area contributed by atoms with Gasteiger partial charge in [-0.25, -0.2) is 0 Å². The Hall–Kier alpha value is -2.94. The largest absolute Gasteiger partial charge is 0.484 e. The number of nitrogens with one attached hydrogen (secondary N) is 2. The van der Waals surface area contributed by atoms with Gasteiger partial charge in [-0.15, -0.1) is 0 Å². The third-order valence-electron chi connectivity index (χ3n) is 5.25. The summed E-state index contributed by atoms with van der Waals surface area (Å²) in [6.45, 7) is 2.98. The van der Waals surface area contributed by atoms with Crippen LogP contribution >= 0.6 is 0 Å². The van der Waals surface area contributed by atoms with E-state index in [4.69, 9.17) is 4.74 Å².